The molecular formula is C13H19N3O. The van der Waals surface area contributed by atoms with Crippen LogP contribution in [0.2, 0.25) is 0 Å². The minimum Gasteiger partial charge on any atom is -0.369 e. The highest BCUT2D eigenvalue weighted by Crippen LogP contribution is 2.26. The van der Waals surface area contributed by atoms with Crippen LogP contribution in [0.4, 0.5) is 0 Å². The molecule has 0 radical (unpaired) electrons. The number of aromatic nitrogens is 1. The van der Waals surface area contributed by atoms with Gasteiger partial charge in [0.05, 0.1) is 6.54 Å². The highest BCUT2D eigenvalue weighted by Gasteiger charge is 2.22. The summed E-state index contributed by atoms with van der Waals surface area (Å²) < 4.78 is 0. The second kappa shape index (κ2) is 5.27. The third kappa shape index (κ3) is 3.27. The molecule has 1 fully saturated rings. The van der Waals surface area contributed by atoms with Crippen LogP contribution in [0.25, 0.3) is 0 Å². The highest BCUT2D eigenvalue weighted by atomic mass is 16.1. The molecule has 0 spiro atoms. The summed E-state index contributed by atoms with van der Waals surface area (Å²) in [6, 6.07) is 4.21. The number of rotatable bonds is 3. The molecule has 0 bridgehead atoms. The van der Waals surface area contributed by atoms with E-state index in [4.69, 9.17) is 5.73 Å². The van der Waals surface area contributed by atoms with Crippen molar-refractivity contribution in [3.8, 4) is 0 Å². The standard InChI is InChI=1S/C13H19N3O/c1-10-7-11(4-5-15-10)12-3-2-6-16(8-12)9-13(14)17/h4-5,7,12H,2-3,6,8-9H2,1H3,(H2,14,17). The molecule has 1 atom stereocenters. The predicted octanol–water partition coefficient (Wildman–Crippen LogP) is 1.05. The lowest BCUT2D eigenvalue weighted by molar-refractivity contribution is -0.119. The summed E-state index contributed by atoms with van der Waals surface area (Å²) in [5, 5.41) is 0. The summed E-state index contributed by atoms with van der Waals surface area (Å²) in [5.74, 6) is 0.265. The summed E-state index contributed by atoms with van der Waals surface area (Å²) in [6.07, 6.45) is 4.16. The van der Waals surface area contributed by atoms with Crippen LogP contribution < -0.4 is 5.73 Å². The summed E-state index contributed by atoms with van der Waals surface area (Å²) >= 11 is 0. The number of primary amides is 1. The van der Waals surface area contributed by atoms with Crippen molar-refractivity contribution in [2.24, 2.45) is 5.73 Å². The molecule has 2 heterocycles. The monoisotopic (exact) mass is 233 g/mol. The fraction of sp³-hybridized carbons (Fsp3) is 0.538. The Morgan fingerprint density at radius 3 is 3.18 bits per heavy atom. The van der Waals surface area contributed by atoms with Crippen molar-refractivity contribution in [2.75, 3.05) is 19.6 Å². The maximum atomic E-state index is 10.9. The van der Waals surface area contributed by atoms with E-state index in [0.717, 1.165) is 25.2 Å². The fourth-order valence-electron chi connectivity index (χ4n) is 2.51. The second-order valence-corrected chi connectivity index (χ2v) is 4.77. The molecule has 1 amide bonds. The SMILES string of the molecule is Cc1cc(C2CCCN(CC(N)=O)C2)ccn1. The molecule has 0 saturated carbocycles. The van der Waals surface area contributed by atoms with E-state index in [2.05, 4.69) is 22.0 Å². The lowest BCUT2D eigenvalue weighted by Crippen LogP contribution is -2.40. The Bertz CT molecular complexity index is 405. The lowest BCUT2D eigenvalue weighted by atomic mass is 9.91. The third-order valence-electron chi connectivity index (χ3n) is 3.28. The Labute approximate surface area is 102 Å². The van der Waals surface area contributed by atoms with Crippen molar-refractivity contribution in [3.05, 3.63) is 29.6 Å². The molecule has 4 nitrogen and oxygen atoms in total. The van der Waals surface area contributed by atoms with E-state index < -0.39 is 0 Å². The number of hydrogen-bond donors (Lipinski definition) is 1. The molecule has 0 aliphatic carbocycles. The Morgan fingerprint density at radius 1 is 1.65 bits per heavy atom. The van der Waals surface area contributed by atoms with Gasteiger partial charge in [-0.05, 0) is 49.9 Å². The Balaban J connectivity index is 2.04. The van der Waals surface area contributed by atoms with E-state index in [1.807, 2.05) is 13.1 Å². The molecule has 2 rings (SSSR count). The fourth-order valence-corrected chi connectivity index (χ4v) is 2.51. The minimum absolute atomic E-state index is 0.239. The normalized spacial score (nSPS) is 21.4. The average Bonchev–Trinajstić information content (AvgIpc) is 2.28. The van der Waals surface area contributed by atoms with Crippen molar-refractivity contribution in [1.29, 1.82) is 0 Å². The van der Waals surface area contributed by atoms with E-state index in [1.165, 1.54) is 12.0 Å². The Hall–Kier alpha value is -1.42. The molecule has 1 aliphatic heterocycles. The van der Waals surface area contributed by atoms with Crippen molar-refractivity contribution in [3.63, 3.8) is 0 Å². The molecule has 92 valence electrons. The molecule has 2 N–H and O–H groups in total. The van der Waals surface area contributed by atoms with Crippen molar-refractivity contribution in [1.82, 2.24) is 9.88 Å². The maximum absolute atomic E-state index is 10.9. The number of amides is 1. The Morgan fingerprint density at radius 2 is 2.47 bits per heavy atom. The van der Waals surface area contributed by atoms with Crippen molar-refractivity contribution < 1.29 is 4.79 Å². The third-order valence-corrected chi connectivity index (χ3v) is 3.28. The Kier molecular flexibility index (Phi) is 3.74. The molecule has 1 aromatic rings. The van der Waals surface area contributed by atoms with Crippen LogP contribution in [0.15, 0.2) is 18.3 Å². The van der Waals surface area contributed by atoms with Gasteiger partial charge in [0.2, 0.25) is 5.91 Å². The van der Waals surface area contributed by atoms with Gasteiger partial charge in [-0.15, -0.1) is 0 Å². The van der Waals surface area contributed by atoms with Gasteiger partial charge in [-0.2, -0.15) is 0 Å². The number of carbonyl (C=O) groups is 1. The number of aryl methyl sites for hydroxylation is 1. The zero-order valence-electron chi connectivity index (χ0n) is 10.2. The van der Waals surface area contributed by atoms with Crippen LogP contribution >= 0.6 is 0 Å². The van der Waals surface area contributed by atoms with Gasteiger partial charge in [0.25, 0.3) is 0 Å². The van der Waals surface area contributed by atoms with Gasteiger partial charge < -0.3 is 5.73 Å². The van der Waals surface area contributed by atoms with E-state index >= 15 is 0 Å². The molecule has 4 heteroatoms. The van der Waals surface area contributed by atoms with Crippen LogP contribution in [0.1, 0.15) is 30.0 Å². The van der Waals surface area contributed by atoms with E-state index in [1.54, 1.807) is 0 Å². The number of nitrogens with zero attached hydrogens (tertiary/aromatic N) is 2. The average molecular weight is 233 g/mol. The first kappa shape index (κ1) is 12.0. The number of carbonyl (C=O) groups excluding carboxylic acids is 1. The van der Waals surface area contributed by atoms with Gasteiger partial charge >= 0.3 is 0 Å². The van der Waals surface area contributed by atoms with Crippen LogP contribution in [0.3, 0.4) is 0 Å². The van der Waals surface area contributed by atoms with Gasteiger partial charge in [-0.3, -0.25) is 14.7 Å². The minimum atomic E-state index is -0.239. The first-order valence-electron chi connectivity index (χ1n) is 6.08. The molecular weight excluding hydrogens is 214 g/mol. The van der Waals surface area contributed by atoms with Gasteiger partial charge in [0.1, 0.15) is 0 Å². The smallest absolute Gasteiger partial charge is 0.231 e. The van der Waals surface area contributed by atoms with Gasteiger partial charge in [-0.1, -0.05) is 0 Å². The van der Waals surface area contributed by atoms with Crippen LogP contribution in [-0.4, -0.2) is 35.4 Å². The molecule has 1 aromatic heterocycles. The van der Waals surface area contributed by atoms with Crippen molar-refractivity contribution >= 4 is 5.91 Å². The van der Waals surface area contributed by atoms with Crippen LogP contribution in [-0.2, 0) is 4.79 Å². The number of pyridine rings is 1. The summed E-state index contributed by atoms with van der Waals surface area (Å²) in [5.41, 5.74) is 7.62. The topological polar surface area (TPSA) is 59.2 Å². The van der Waals surface area contributed by atoms with E-state index in [-0.39, 0.29) is 5.91 Å². The van der Waals surface area contributed by atoms with E-state index in [9.17, 15) is 4.79 Å². The number of hydrogen-bond acceptors (Lipinski definition) is 3. The maximum Gasteiger partial charge on any atom is 0.231 e. The largest absolute Gasteiger partial charge is 0.369 e. The number of likely N-dealkylation sites (tertiary alicyclic amines) is 1. The number of piperidine rings is 1. The second-order valence-electron chi connectivity index (χ2n) is 4.77. The predicted molar refractivity (Wildman–Crippen MR) is 66.6 cm³/mol. The van der Waals surface area contributed by atoms with Crippen molar-refractivity contribution in [2.45, 2.75) is 25.7 Å². The van der Waals surface area contributed by atoms with Crippen LogP contribution in [0.5, 0.6) is 0 Å². The summed E-state index contributed by atoms with van der Waals surface area (Å²) in [7, 11) is 0. The zero-order valence-corrected chi connectivity index (χ0v) is 10.2. The molecule has 17 heavy (non-hydrogen) atoms. The highest BCUT2D eigenvalue weighted by molar-refractivity contribution is 5.75. The molecule has 1 unspecified atom stereocenters. The molecule has 0 aromatic carbocycles. The van der Waals surface area contributed by atoms with Gasteiger partial charge in [0, 0.05) is 18.4 Å². The van der Waals surface area contributed by atoms with Gasteiger partial charge in [0.15, 0.2) is 0 Å². The van der Waals surface area contributed by atoms with E-state index in [0.29, 0.717) is 12.5 Å². The van der Waals surface area contributed by atoms with Gasteiger partial charge in [-0.25, -0.2) is 0 Å². The molecule has 1 aliphatic rings. The summed E-state index contributed by atoms with van der Waals surface area (Å²) in [4.78, 5) is 17.3. The summed E-state index contributed by atoms with van der Waals surface area (Å²) in [6.45, 7) is 4.28. The number of nitrogens with two attached hydrogens (primary N) is 1. The first-order valence-corrected chi connectivity index (χ1v) is 6.08. The lowest BCUT2D eigenvalue weighted by Gasteiger charge is -2.32. The zero-order chi connectivity index (χ0) is 12.3. The molecule has 1 saturated heterocycles. The quantitative estimate of drug-likeness (QED) is 0.849. The van der Waals surface area contributed by atoms with Crippen LogP contribution in [0, 0.1) is 6.92 Å². The first-order chi connectivity index (χ1) is 8.15.